The van der Waals surface area contributed by atoms with Crippen LogP contribution in [0.1, 0.15) is 18.4 Å². The molecule has 1 aromatic heterocycles. The first-order valence-corrected chi connectivity index (χ1v) is 5.45. The zero-order valence-corrected chi connectivity index (χ0v) is 9.81. The molecule has 92 valence electrons. The molecule has 0 aliphatic carbocycles. The van der Waals surface area contributed by atoms with E-state index in [-0.39, 0.29) is 24.7 Å². The second-order valence-electron chi connectivity index (χ2n) is 3.54. The van der Waals surface area contributed by atoms with Gasteiger partial charge in [-0.3, -0.25) is 14.6 Å². The highest BCUT2D eigenvalue weighted by Gasteiger charge is 2.05. The maximum absolute atomic E-state index is 11.3. The first-order valence-electron chi connectivity index (χ1n) is 5.45. The summed E-state index contributed by atoms with van der Waals surface area (Å²) >= 11 is 0. The van der Waals surface area contributed by atoms with Crippen molar-refractivity contribution in [1.82, 2.24) is 10.3 Å². The number of nitrogens with one attached hydrogen (secondary N) is 1. The number of hydrogen-bond acceptors (Lipinski definition) is 4. The van der Waals surface area contributed by atoms with Crippen molar-refractivity contribution in [2.75, 3.05) is 13.7 Å². The van der Waals surface area contributed by atoms with Crippen LogP contribution in [0.4, 0.5) is 0 Å². The number of ether oxygens (including phenoxy) is 1. The third kappa shape index (κ3) is 5.65. The van der Waals surface area contributed by atoms with Gasteiger partial charge in [0.2, 0.25) is 5.91 Å². The SMILES string of the molecule is COC(=O)CCC(=O)NCCc1cccnc1. The van der Waals surface area contributed by atoms with Gasteiger partial charge in [-0.05, 0) is 18.1 Å². The molecule has 0 aromatic carbocycles. The largest absolute Gasteiger partial charge is 0.469 e. The maximum Gasteiger partial charge on any atom is 0.306 e. The van der Waals surface area contributed by atoms with E-state index in [1.165, 1.54) is 7.11 Å². The van der Waals surface area contributed by atoms with Gasteiger partial charge in [0, 0.05) is 25.4 Å². The monoisotopic (exact) mass is 236 g/mol. The molecule has 1 N–H and O–H groups in total. The van der Waals surface area contributed by atoms with Crippen LogP contribution in [0.3, 0.4) is 0 Å². The normalized spacial score (nSPS) is 9.71. The van der Waals surface area contributed by atoms with Crippen molar-refractivity contribution in [2.45, 2.75) is 19.3 Å². The van der Waals surface area contributed by atoms with E-state index in [0.717, 1.165) is 12.0 Å². The molecule has 17 heavy (non-hydrogen) atoms. The van der Waals surface area contributed by atoms with Crippen molar-refractivity contribution >= 4 is 11.9 Å². The predicted octanol–water partition coefficient (Wildman–Crippen LogP) is 0.693. The van der Waals surface area contributed by atoms with Gasteiger partial charge in [-0.1, -0.05) is 6.07 Å². The van der Waals surface area contributed by atoms with Gasteiger partial charge in [0.15, 0.2) is 0 Å². The molecule has 0 aliphatic rings. The van der Waals surface area contributed by atoms with Crippen LogP contribution < -0.4 is 5.32 Å². The van der Waals surface area contributed by atoms with E-state index in [4.69, 9.17) is 0 Å². The Morgan fingerprint density at radius 3 is 2.88 bits per heavy atom. The molecule has 0 fully saturated rings. The molecule has 5 nitrogen and oxygen atoms in total. The van der Waals surface area contributed by atoms with Gasteiger partial charge < -0.3 is 10.1 Å². The number of rotatable bonds is 6. The van der Waals surface area contributed by atoms with Crippen molar-refractivity contribution in [2.24, 2.45) is 0 Å². The van der Waals surface area contributed by atoms with Gasteiger partial charge in [-0.15, -0.1) is 0 Å². The second-order valence-corrected chi connectivity index (χ2v) is 3.54. The molecule has 0 bridgehead atoms. The topological polar surface area (TPSA) is 68.3 Å². The number of carbonyl (C=O) groups is 2. The smallest absolute Gasteiger partial charge is 0.306 e. The zero-order chi connectivity index (χ0) is 12.5. The van der Waals surface area contributed by atoms with E-state index in [1.807, 2.05) is 12.1 Å². The van der Waals surface area contributed by atoms with E-state index >= 15 is 0 Å². The molecular weight excluding hydrogens is 220 g/mol. The van der Waals surface area contributed by atoms with Crippen molar-refractivity contribution in [3.8, 4) is 0 Å². The number of hydrogen-bond donors (Lipinski definition) is 1. The molecule has 0 saturated carbocycles. The standard InChI is InChI=1S/C12H16N2O3/c1-17-12(16)5-4-11(15)14-8-6-10-3-2-7-13-9-10/h2-3,7,9H,4-6,8H2,1H3,(H,14,15). The lowest BCUT2D eigenvalue weighted by molar-refractivity contribution is -0.142. The fourth-order valence-corrected chi connectivity index (χ4v) is 1.30. The summed E-state index contributed by atoms with van der Waals surface area (Å²) in [7, 11) is 1.31. The molecule has 1 rings (SSSR count). The van der Waals surface area contributed by atoms with Gasteiger partial charge >= 0.3 is 5.97 Å². The number of amides is 1. The average molecular weight is 236 g/mol. The molecule has 0 radical (unpaired) electrons. The van der Waals surface area contributed by atoms with Crippen LogP contribution in [-0.4, -0.2) is 30.5 Å². The number of methoxy groups -OCH3 is 1. The van der Waals surface area contributed by atoms with Gasteiger partial charge in [0.1, 0.15) is 0 Å². The van der Waals surface area contributed by atoms with E-state index in [1.54, 1.807) is 12.4 Å². The predicted molar refractivity (Wildman–Crippen MR) is 62.2 cm³/mol. The van der Waals surface area contributed by atoms with Gasteiger partial charge in [-0.25, -0.2) is 0 Å². The number of nitrogens with zero attached hydrogens (tertiary/aromatic N) is 1. The summed E-state index contributed by atoms with van der Waals surface area (Å²) in [6, 6.07) is 3.81. The maximum atomic E-state index is 11.3. The molecule has 0 atom stereocenters. The fourth-order valence-electron chi connectivity index (χ4n) is 1.30. The van der Waals surface area contributed by atoms with Crippen LogP contribution in [0.5, 0.6) is 0 Å². The molecule has 1 aromatic rings. The minimum atomic E-state index is -0.368. The van der Waals surface area contributed by atoms with Gasteiger partial charge in [0.05, 0.1) is 13.5 Å². The summed E-state index contributed by atoms with van der Waals surface area (Å²) in [5, 5.41) is 2.74. The van der Waals surface area contributed by atoms with Crippen molar-refractivity contribution < 1.29 is 14.3 Å². The first-order chi connectivity index (χ1) is 8.22. The van der Waals surface area contributed by atoms with Crippen LogP contribution in [0.2, 0.25) is 0 Å². The summed E-state index contributed by atoms with van der Waals surface area (Å²) in [5.74, 6) is -0.508. The Hall–Kier alpha value is -1.91. The average Bonchev–Trinajstić information content (AvgIpc) is 2.37. The first kappa shape index (κ1) is 13.2. The van der Waals surface area contributed by atoms with E-state index in [2.05, 4.69) is 15.0 Å². The van der Waals surface area contributed by atoms with Crippen LogP contribution in [0, 0.1) is 0 Å². The lowest BCUT2D eigenvalue weighted by Gasteiger charge is -2.04. The Balaban J connectivity index is 2.14. The number of carbonyl (C=O) groups excluding carboxylic acids is 2. The van der Waals surface area contributed by atoms with E-state index < -0.39 is 0 Å². The molecule has 0 saturated heterocycles. The van der Waals surface area contributed by atoms with Crippen LogP contribution >= 0.6 is 0 Å². The van der Waals surface area contributed by atoms with E-state index in [0.29, 0.717) is 6.54 Å². The molecule has 1 heterocycles. The van der Waals surface area contributed by atoms with Crippen LogP contribution in [0.15, 0.2) is 24.5 Å². The Morgan fingerprint density at radius 2 is 2.24 bits per heavy atom. The third-order valence-corrected chi connectivity index (χ3v) is 2.24. The highest BCUT2D eigenvalue weighted by Crippen LogP contribution is 1.96. The molecule has 0 spiro atoms. The number of pyridine rings is 1. The van der Waals surface area contributed by atoms with E-state index in [9.17, 15) is 9.59 Å². The highest BCUT2D eigenvalue weighted by atomic mass is 16.5. The zero-order valence-electron chi connectivity index (χ0n) is 9.81. The summed E-state index contributed by atoms with van der Waals surface area (Å²) < 4.78 is 4.45. The molecule has 1 amide bonds. The Bertz CT molecular complexity index is 365. The van der Waals surface area contributed by atoms with Crippen LogP contribution in [0.25, 0.3) is 0 Å². The Labute approximate surface area is 100 Å². The van der Waals surface area contributed by atoms with Gasteiger partial charge in [-0.2, -0.15) is 0 Å². The minimum Gasteiger partial charge on any atom is -0.469 e. The summed E-state index contributed by atoms with van der Waals surface area (Å²) in [4.78, 5) is 26.1. The molecule has 0 aliphatic heterocycles. The molecule has 5 heteroatoms. The Kier molecular flexibility index (Phi) is 5.71. The second kappa shape index (κ2) is 7.38. The van der Waals surface area contributed by atoms with Crippen molar-refractivity contribution in [3.63, 3.8) is 0 Å². The summed E-state index contributed by atoms with van der Waals surface area (Å²) in [6.45, 7) is 0.547. The lowest BCUT2D eigenvalue weighted by Crippen LogP contribution is -2.26. The molecule has 0 unspecified atom stereocenters. The number of esters is 1. The van der Waals surface area contributed by atoms with Crippen molar-refractivity contribution in [3.05, 3.63) is 30.1 Å². The highest BCUT2D eigenvalue weighted by molar-refractivity contribution is 5.81. The van der Waals surface area contributed by atoms with Gasteiger partial charge in [0.25, 0.3) is 0 Å². The quantitative estimate of drug-likeness (QED) is 0.738. The Morgan fingerprint density at radius 1 is 1.41 bits per heavy atom. The third-order valence-electron chi connectivity index (χ3n) is 2.24. The summed E-state index contributed by atoms with van der Waals surface area (Å²) in [5.41, 5.74) is 1.07. The van der Waals surface area contributed by atoms with Crippen molar-refractivity contribution in [1.29, 1.82) is 0 Å². The molecular formula is C12H16N2O3. The minimum absolute atomic E-state index is 0.120. The summed E-state index contributed by atoms with van der Waals surface area (Å²) in [6.07, 6.45) is 4.49. The number of aromatic nitrogens is 1. The lowest BCUT2D eigenvalue weighted by atomic mass is 10.2. The van der Waals surface area contributed by atoms with Crippen LogP contribution in [-0.2, 0) is 20.7 Å². The fraction of sp³-hybridized carbons (Fsp3) is 0.417.